The second kappa shape index (κ2) is 5.42. The molecule has 0 bridgehead atoms. The molecule has 0 spiro atoms. The molecule has 0 radical (unpaired) electrons. The molecule has 22 heavy (non-hydrogen) atoms. The van der Waals surface area contributed by atoms with Crippen LogP contribution in [0.3, 0.4) is 0 Å². The fraction of sp³-hybridized carbons (Fsp3) is 0.190. The van der Waals surface area contributed by atoms with Crippen molar-refractivity contribution < 1.29 is 0 Å². The van der Waals surface area contributed by atoms with Crippen molar-refractivity contribution in [1.82, 2.24) is 0 Å². The Bertz CT molecular complexity index is 869. The van der Waals surface area contributed by atoms with E-state index < -0.39 is 0 Å². The largest absolute Gasteiger partial charge is 0.252 e. The topological polar surface area (TPSA) is 12.4 Å². The van der Waals surface area contributed by atoms with E-state index in [4.69, 9.17) is 4.99 Å². The van der Waals surface area contributed by atoms with Gasteiger partial charge in [-0.05, 0) is 34.4 Å². The zero-order valence-electron chi connectivity index (χ0n) is 12.8. The second-order valence-electron chi connectivity index (χ2n) is 5.93. The Morgan fingerprint density at radius 2 is 1.73 bits per heavy atom. The third-order valence-corrected chi connectivity index (χ3v) is 4.43. The first-order valence-electron chi connectivity index (χ1n) is 8.03. The van der Waals surface area contributed by atoms with E-state index in [2.05, 4.69) is 67.6 Å². The Morgan fingerprint density at radius 1 is 0.909 bits per heavy atom. The Kier molecular flexibility index (Phi) is 3.27. The summed E-state index contributed by atoms with van der Waals surface area (Å²) in [6.07, 6.45) is 3.18. The average molecular weight is 285 g/mol. The summed E-state index contributed by atoms with van der Waals surface area (Å²) >= 11 is 0. The van der Waals surface area contributed by atoms with Gasteiger partial charge >= 0.3 is 0 Å². The summed E-state index contributed by atoms with van der Waals surface area (Å²) in [6, 6.07) is 21.6. The highest BCUT2D eigenvalue weighted by molar-refractivity contribution is 6.18. The summed E-state index contributed by atoms with van der Waals surface area (Å²) in [6.45, 7) is 2.22. The van der Waals surface area contributed by atoms with Gasteiger partial charge in [-0.3, -0.25) is 4.99 Å². The van der Waals surface area contributed by atoms with Crippen LogP contribution in [0.5, 0.6) is 0 Å². The summed E-state index contributed by atoms with van der Waals surface area (Å²) in [5.41, 5.74) is 6.39. The van der Waals surface area contributed by atoms with Gasteiger partial charge in [0, 0.05) is 12.0 Å². The van der Waals surface area contributed by atoms with Gasteiger partial charge in [-0.15, -0.1) is 0 Å². The zero-order chi connectivity index (χ0) is 14.9. The first-order chi connectivity index (χ1) is 10.9. The maximum Gasteiger partial charge on any atom is 0.0665 e. The maximum absolute atomic E-state index is 5.03. The van der Waals surface area contributed by atoms with E-state index in [-0.39, 0.29) is 0 Å². The number of hydrogen-bond acceptors (Lipinski definition) is 1. The lowest BCUT2D eigenvalue weighted by molar-refractivity contribution is 0.921. The molecule has 1 nitrogen and oxygen atoms in total. The molecule has 0 fully saturated rings. The van der Waals surface area contributed by atoms with Crippen LogP contribution in [0.1, 0.15) is 30.0 Å². The summed E-state index contributed by atoms with van der Waals surface area (Å²) < 4.78 is 0. The Hall–Kier alpha value is -2.41. The molecule has 4 rings (SSSR count). The van der Waals surface area contributed by atoms with Gasteiger partial charge in [-0.1, -0.05) is 67.9 Å². The second-order valence-corrected chi connectivity index (χ2v) is 5.93. The molecular formula is C21H19N. The molecule has 0 atom stereocenters. The van der Waals surface area contributed by atoms with Crippen LogP contribution in [0.2, 0.25) is 0 Å². The average Bonchev–Trinajstić information content (AvgIpc) is 2.90. The highest BCUT2D eigenvalue weighted by Crippen LogP contribution is 2.33. The van der Waals surface area contributed by atoms with Crippen LogP contribution >= 0.6 is 0 Å². The molecule has 0 aliphatic heterocycles. The molecule has 3 aromatic carbocycles. The highest BCUT2D eigenvalue weighted by Gasteiger charge is 2.19. The summed E-state index contributed by atoms with van der Waals surface area (Å²) in [4.78, 5) is 5.03. The van der Waals surface area contributed by atoms with Crippen molar-refractivity contribution in [3.63, 3.8) is 0 Å². The van der Waals surface area contributed by atoms with E-state index in [0.29, 0.717) is 0 Å². The minimum atomic E-state index is 0.942. The molecule has 1 aliphatic rings. The molecule has 3 aromatic rings. The van der Waals surface area contributed by atoms with E-state index in [1.54, 1.807) is 0 Å². The molecular weight excluding hydrogens is 266 g/mol. The van der Waals surface area contributed by atoms with Gasteiger partial charge in [0.05, 0.1) is 11.4 Å². The molecule has 0 aromatic heterocycles. The number of para-hydroxylation sites is 1. The fourth-order valence-electron chi connectivity index (χ4n) is 3.43. The normalized spacial score (nSPS) is 14.9. The number of hydrogen-bond donors (Lipinski definition) is 0. The molecule has 1 aliphatic carbocycles. The molecule has 0 N–H and O–H groups in total. The standard InChI is InChI=1S/C21H19N/c1-2-7-15-8-3-4-13-19(15)22-20-14-17-11-5-9-16-10-6-12-18(20)21(16)17/h3-6,8-13H,2,7,14H2,1H3/b22-20-. The fourth-order valence-corrected chi connectivity index (χ4v) is 3.43. The van der Waals surface area contributed by atoms with Crippen molar-refractivity contribution in [2.24, 2.45) is 4.99 Å². The van der Waals surface area contributed by atoms with Crippen LogP contribution in [0.4, 0.5) is 5.69 Å². The third-order valence-electron chi connectivity index (χ3n) is 4.43. The Balaban J connectivity index is 1.85. The van der Waals surface area contributed by atoms with E-state index >= 15 is 0 Å². The molecule has 108 valence electrons. The molecule has 0 saturated carbocycles. The first-order valence-corrected chi connectivity index (χ1v) is 8.03. The minimum absolute atomic E-state index is 0.942. The Labute approximate surface area is 131 Å². The molecule has 1 heteroatoms. The van der Waals surface area contributed by atoms with Crippen LogP contribution in [0.15, 0.2) is 65.7 Å². The minimum Gasteiger partial charge on any atom is -0.252 e. The van der Waals surface area contributed by atoms with Gasteiger partial charge in [0.2, 0.25) is 0 Å². The SMILES string of the molecule is CCCc1ccccc1/N=C1/Cc2cccc3cccc1c23. The highest BCUT2D eigenvalue weighted by atomic mass is 14.8. The smallest absolute Gasteiger partial charge is 0.0665 e. The zero-order valence-corrected chi connectivity index (χ0v) is 12.8. The predicted molar refractivity (Wildman–Crippen MR) is 94.3 cm³/mol. The third kappa shape index (κ3) is 2.14. The van der Waals surface area contributed by atoms with Crippen LogP contribution in [-0.4, -0.2) is 5.71 Å². The quantitative estimate of drug-likeness (QED) is 0.605. The van der Waals surface area contributed by atoms with Gasteiger partial charge < -0.3 is 0 Å². The number of aliphatic imine (C=N–C) groups is 1. The van der Waals surface area contributed by atoms with Crippen LogP contribution in [0.25, 0.3) is 10.8 Å². The summed E-state index contributed by atoms with van der Waals surface area (Å²) in [5, 5.41) is 2.71. The molecule has 0 amide bonds. The molecule has 0 unspecified atom stereocenters. The van der Waals surface area contributed by atoms with E-state index in [1.165, 1.54) is 33.2 Å². The van der Waals surface area contributed by atoms with E-state index in [0.717, 1.165) is 24.9 Å². The van der Waals surface area contributed by atoms with Crippen molar-refractivity contribution in [2.75, 3.05) is 0 Å². The van der Waals surface area contributed by atoms with Crippen molar-refractivity contribution in [3.05, 3.63) is 77.4 Å². The van der Waals surface area contributed by atoms with Crippen molar-refractivity contribution in [2.45, 2.75) is 26.2 Å². The summed E-state index contributed by atoms with van der Waals surface area (Å²) in [5.74, 6) is 0. The van der Waals surface area contributed by atoms with Crippen LogP contribution in [-0.2, 0) is 12.8 Å². The lowest BCUT2D eigenvalue weighted by atomic mass is 10.1. The molecule has 0 saturated heterocycles. The van der Waals surface area contributed by atoms with Crippen molar-refractivity contribution >= 4 is 22.2 Å². The summed E-state index contributed by atoms with van der Waals surface area (Å²) in [7, 11) is 0. The van der Waals surface area contributed by atoms with E-state index in [9.17, 15) is 0 Å². The van der Waals surface area contributed by atoms with Gasteiger partial charge in [-0.2, -0.15) is 0 Å². The van der Waals surface area contributed by atoms with Gasteiger partial charge in [0.1, 0.15) is 0 Å². The first kappa shape index (κ1) is 13.3. The van der Waals surface area contributed by atoms with E-state index in [1.807, 2.05) is 0 Å². The Morgan fingerprint density at radius 3 is 2.59 bits per heavy atom. The van der Waals surface area contributed by atoms with Crippen LogP contribution < -0.4 is 0 Å². The predicted octanol–water partition coefficient (Wildman–Crippen LogP) is 5.47. The monoisotopic (exact) mass is 285 g/mol. The lowest BCUT2D eigenvalue weighted by Gasteiger charge is -2.06. The van der Waals surface area contributed by atoms with Crippen molar-refractivity contribution in [1.29, 1.82) is 0 Å². The van der Waals surface area contributed by atoms with Gasteiger partial charge in [0.15, 0.2) is 0 Å². The number of aryl methyl sites for hydroxylation is 1. The number of rotatable bonds is 3. The van der Waals surface area contributed by atoms with Crippen molar-refractivity contribution in [3.8, 4) is 0 Å². The maximum atomic E-state index is 5.03. The number of benzene rings is 3. The van der Waals surface area contributed by atoms with Gasteiger partial charge in [-0.25, -0.2) is 0 Å². The number of nitrogens with zero attached hydrogens (tertiary/aromatic N) is 1. The van der Waals surface area contributed by atoms with Crippen LogP contribution in [0, 0.1) is 0 Å². The lowest BCUT2D eigenvalue weighted by Crippen LogP contribution is -1.97. The van der Waals surface area contributed by atoms with Gasteiger partial charge in [0.25, 0.3) is 0 Å². The molecule has 0 heterocycles.